The highest BCUT2D eigenvalue weighted by Crippen LogP contribution is 2.30. The zero-order valence-electron chi connectivity index (χ0n) is 12.7. The zero-order valence-corrected chi connectivity index (χ0v) is 13.5. The zero-order chi connectivity index (χ0) is 17.2. The predicted molar refractivity (Wildman–Crippen MR) is 95.2 cm³/mol. The van der Waals surface area contributed by atoms with Gasteiger partial charge in [-0.2, -0.15) is 0 Å². The fraction of sp³-hybridized carbons (Fsp3) is 0. The summed E-state index contributed by atoms with van der Waals surface area (Å²) in [5.41, 5.74) is 7.97. The van der Waals surface area contributed by atoms with Crippen molar-refractivity contribution in [2.45, 2.75) is 4.90 Å². The van der Waals surface area contributed by atoms with Crippen LogP contribution in [0.25, 0.3) is 11.1 Å². The number of hydrogen-bond acceptors (Lipinski definition) is 4. The number of nitrogens with two attached hydrogens (primary N) is 1. The van der Waals surface area contributed by atoms with Crippen LogP contribution < -0.4 is 10.5 Å². The second-order valence-electron chi connectivity index (χ2n) is 5.27. The van der Waals surface area contributed by atoms with E-state index in [1.807, 2.05) is 30.3 Å². The third kappa shape index (κ3) is 3.33. The van der Waals surface area contributed by atoms with Crippen molar-refractivity contribution in [1.82, 2.24) is 0 Å². The highest BCUT2D eigenvalue weighted by Gasteiger charge is 2.20. The maximum absolute atomic E-state index is 12.8. The molecule has 0 fully saturated rings. The van der Waals surface area contributed by atoms with E-state index in [1.165, 1.54) is 30.3 Å². The molecule has 3 aromatic carbocycles. The Balaban J connectivity index is 2.06. The second-order valence-corrected chi connectivity index (χ2v) is 6.92. The van der Waals surface area contributed by atoms with E-state index >= 15 is 0 Å². The van der Waals surface area contributed by atoms with Crippen molar-refractivity contribution in [1.29, 1.82) is 0 Å². The first-order valence-electron chi connectivity index (χ1n) is 7.22. The Morgan fingerprint density at radius 1 is 0.875 bits per heavy atom. The molecule has 0 aromatic heterocycles. The highest BCUT2D eigenvalue weighted by molar-refractivity contribution is 7.92. The molecule has 0 aliphatic rings. The normalized spacial score (nSPS) is 11.2. The maximum Gasteiger partial charge on any atom is 0.262 e. The second kappa shape index (κ2) is 6.25. The number of anilines is 2. The van der Waals surface area contributed by atoms with Gasteiger partial charge in [-0.05, 0) is 48.0 Å². The number of hydrogen-bond donors (Lipinski definition) is 3. The first-order valence-corrected chi connectivity index (χ1v) is 8.71. The largest absolute Gasteiger partial charge is 0.508 e. The van der Waals surface area contributed by atoms with Gasteiger partial charge in [0.25, 0.3) is 10.0 Å². The van der Waals surface area contributed by atoms with Gasteiger partial charge in [-0.25, -0.2) is 8.42 Å². The van der Waals surface area contributed by atoms with Gasteiger partial charge in [0.15, 0.2) is 0 Å². The Morgan fingerprint density at radius 3 is 2.21 bits per heavy atom. The minimum absolute atomic E-state index is 0.0652. The summed E-state index contributed by atoms with van der Waals surface area (Å²) in [6.07, 6.45) is 0. The summed E-state index contributed by atoms with van der Waals surface area (Å²) in [4.78, 5) is 0.135. The van der Waals surface area contributed by atoms with E-state index in [0.717, 1.165) is 5.56 Å². The molecule has 3 aromatic rings. The molecule has 6 heteroatoms. The summed E-state index contributed by atoms with van der Waals surface area (Å²) in [5, 5.41) is 9.30. The van der Waals surface area contributed by atoms with Crippen LogP contribution in [0, 0.1) is 0 Å². The molecule has 0 saturated carbocycles. The Kier molecular flexibility index (Phi) is 4.14. The fourth-order valence-electron chi connectivity index (χ4n) is 2.36. The lowest BCUT2D eigenvalue weighted by Gasteiger charge is -2.13. The van der Waals surface area contributed by atoms with Crippen LogP contribution in [-0.4, -0.2) is 13.5 Å². The van der Waals surface area contributed by atoms with E-state index in [2.05, 4.69) is 4.72 Å². The number of phenolic OH excluding ortho intramolecular Hbond substituents is 1. The molecule has 24 heavy (non-hydrogen) atoms. The standard InChI is InChI=1S/C18H16N2O3S/c19-14-6-11-18(17(12-14)13-4-2-1-3-5-13)24(22,23)20-15-7-9-16(21)10-8-15/h1-12,20-21H,19H2. The molecule has 0 atom stereocenters. The fourth-order valence-corrected chi connectivity index (χ4v) is 3.63. The van der Waals surface area contributed by atoms with Crippen molar-refractivity contribution in [3.8, 4) is 16.9 Å². The third-order valence-electron chi connectivity index (χ3n) is 3.50. The smallest absolute Gasteiger partial charge is 0.262 e. The molecule has 122 valence electrons. The van der Waals surface area contributed by atoms with Gasteiger partial charge in [0.1, 0.15) is 5.75 Å². The summed E-state index contributed by atoms with van der Waals surface area (Å²) in [6, 6.07) is 19.7. The molecule has 0 heterocycles. The van der Waals surface area contributed by atoms with Crippen LogP contribution in [0.4, 0.5) is 11.4 Å². The molecule has 3 rings (SSSR count). The molecule has 0 bridgehead atoms. The van der Waals surface area contributed by atoms with Gasteiger partial charge in [-0.15, -0.1) is 0 Å². The lowest BCUT2D eigenvalue weighted by molar-refractivity contribution is 0.475. The first kappa shape index (κ1) is 15.9. The Bertz CT molecular complexity index is 953. The van der Waals surface area contributed by atoms with Gasteiger partial charge >= 0.3 is 0 Å². The summed E-state index contributed by atoms with van der Waals surface area (Å²) in [7, 11) is -3.81. The monoisotopic (exact) mass is 340 g/mol. The molecule has 4 N–H and O–H groups in total. The summed E-state index contributed by atoms with van der Waals surface area (Å²) < 4.78 is 28.1. The van der Waals surface area contributed by atoms with E-state index in [0.29, 0.717) is 16.9 Å². The molecule has 0 unspecified atom stereocenters. The van der Waals surface area contributed by atoms with E-state index in [-0.39, 0.29) is 10.6 Å². The van der Waals surface area contributed by atoms with Gasteiger partial charge in [0.2, 0.25) is 0 Å². The van der Waals surface area contributed by atoms with Crippen LogP contribution in [0.15, 0.2) is 77.7 Å². The third-order valence-corrected chi connectivity index (χ3v) is 4.94. The minimum atomic E-state index is -3.81. The van der Waals surface area contributed by atoms with Crippen LogP contribution in [0.3, 0.4) is 0 Å². The summed E-state index contributed by atoms with van der Waals surface area (Å²) in [6.45, 7) is 0. The van der Waals surface area contributed by atoms with Crippen LogP contribution in [0.2, 0.25) is 0 Å². The van der Waals surface area contributed by atoms with Crippen LogP contribution >= 0.6 is 0 Å². The van der Waals surface area contributed by atoms with Gasteiger partial charge < -0.3 is 10.8 Å². The molecule has 0 spiro atoms. The predicted octanol–water partition coefficient (Wildman–Crippen LogP) is 3.44. The Morgan fingerprint density at radius 2 is 1.54 bits per heavy atom. The van der Waals surface area contributed by atoms with Crippen molar-refractivity contribution < 1.29 is 13.5 Å². The number of nitrogens with one attached hydrogen (secondary N) is 1. The Hall–Kier alpha value is -2.99. The van der Waals surface area contributed by atoms with Crippen LogP contribution in [0.1, 0.15) is 0 Å². The number of aromatic hydroxyl groups is 1. The number of phenols is 1. The van der Waals surface area contributed by atoms with Crippen molar-refractivity contribution in [2.75, 3.05) is 10.5 Å². The molecule has 0 aliphatic carbocycles. The summed E-state index contributed by atoms with van der Waals surface area (Å²) in [5.74, 6) is 0.0652. The van der Waals surface area contributed by atoms with Gasteiger partial charge in [0.05, 0.1) is 4.90 Å². The maximum atomic E-state index is 12.8. The molecule has 0 aliphatic heterocycles. The lowest BCUT2D eigenvalue weighted by Crippen LogP contribution is -2.14. The van der Waals surface area contributed by atoms with Gasteiger partial charge in [0, 0.05) is 16.9 Å². The highest BCUT2D eigenvalue weighted by atomic mass is 32.2. The van der Waals surface area contributed by atoms with Crippen molar-refractivity contribution in [2.24, 2.45) is 0 Å². The summed E-state index contributed by atoms with van der Waals surface area (Å²) >= 11 is 0. The van der Waals surface area contributed by atoms with E-state index in [4.69, 9.17) is 5.73 Å². The van der Waals surface area contributed by atoms with Gasteiger partial charge in [-0.1, -0.05) is 30.3 Å². The molecule has 0 radical (unpaired) electrons. The molecular weight excluding hydrogens is 324 g/mol. The lowest BCUT2D eigenvalue weighted by atomic mass is 10.1. The first-order chi connectivity index (χ1) is 11.5. The van der Waals surface area contributed by atoms with Crippen LogP contribution in [-0.2, 0) is 10.0 Å². The van der Waals surface area contributed by atoms with E-state index in [9.17, 15) is 13.5 Å². The number of sulfonamides is 1. The van der Waals surface area contributed by atoms with Crippen LogP contribution in [0.5, 0.6) is 5.75 Å². The average molecular weight is 340 g/mol. The molecule has 5 nitrogen and oxygen atoms in total. The Labute approximate surface area is 140 Å². The quantitative estimate of drug-likeness (QED) is 0.501. The number of benzene rings is 3. The molecular formula is C18H16N2O3S. The van der Waals surface area contributed by atoms with E-state index < -0.39 is 10.0 Å². The van der Waals surface area contributed by atoms with Crippen molar-refractivity contribution in [3.05, 3.63) is 72.8 Å². The SMILES string of the molecule is Nc1ccc(S(=O)(=O)Nc2ccc(O)cc2)c(-c2ccccc2)c1. The number of rotatable bonds is 4. The molecule has 0 saturated heterocycles. The van der Waals surface area contributed by atoms with E-state index in [1.54, 1.807) is 12.1 Å². The van der Waals surface area contributed by atoms with Gasteiger partial charge in [-0.3, -0.25) is 4.72 Å². The topological polar surface area (TPSA) is 92.4 Å². The number of nitrogen functional groups attached to an aromatic ring is 1. The average Bonchev–Trinajstić information content (AvgIpc) is 2.57. The van der Waals surface area contributed by atoms with Crippen molar-refractivity contribution >= 4 is 21.4 Å². The molecule has 0 amide bonds. The minimum Gasteiger partial charge on any atom is -0.508 e. The van der Waals surface area contributed by atoms with Crippen molar-refractivity contribution in [3.63, 3.8) is 0 Å².